The fourth-order valence-corrected chi connectivity index (χ4v) is 3.51. The van der Waals surface area contributed by atoms with Crippen LogP contribution in [0.15, 0.2) is 29.2 Å². The molecule has 1 rings (SSSR count). The molecule has 29 heavy (non-hydrogen) atoms. The number of imide groups is 1. The Morgan fingerprint density at radius 2 is 1.69 bits per heavy atom. The molecule has 0 fully saturated rings. The molecular formula is C19H29N3O6S. The summed E-state index contributed by atoms with van der Waals surface area (Å²) >= 11 is 0. The topological polar surface area (TPSA) is 122 Å². The average Bonchev–Trinajstić information content (AvgIpc) is 2.59. The van der Waals surface area contributed by atoms with Crippen LogP contribution in [0.4, 0.5) is 4.79 Å². The van der Waals surface area contributed by atoms with Gasteiger partial charge in [-0.05, 0) is 59.7 Å². The number of sulfonamides is 1. The highest BCUT2D eigenvalue weighted by atomic mass is 32.2. The van der Waals surface area contributed by atoms with E-state index in [4.69, 9.17) is 4.74 Å². The van der Waals surface area contributed by atoms with Crippen molar-refractivity contribution in [2.45, 2.75) is 64.1 Å². The normalized spacial score (nSPS) is 13.1. The van der Waals surface area contributed by atoms with Crippen molar-refractivity contribution in [3.63, 3.8) is 0 Å². The second-order valence-corrected chi connectivity index (χ2v) is 9.88. The van der Waals surface area contributed by atoms with Crippen LogP contribution in [0.2, 0.25) is 0 Å². The van der Waals surface area contributed by atoms with Crippen LogP contribution in [0.25, 0.3) is 0 Å². The fraction of sp³-hybridized carbons (Fsp3) is 0.526. The van der Waals surface area contributed by atoms with Crippen molar-refractivity contribution >= 4 is 27.9 Å². The zero-order valence-electron chi connectivity index (χ0n) is 17.8. The van der Waals surface area contributed by atoms with E-state index < -0.39 is 39.6 Å². The molecule has 1 aromatic rings. The lowest BCUT2D eigenvalue weighted by molar-refractivity contribution is -0.127. The van der Waals surface area contributed by atoms with Crippen LogP contribution in [0.1, 0.15) is 51.9 Å². The summed E-state index contributed by atoms with van der Waals surface area (Å²) in [6.07, 6.45) is -1.26. The highest BCUT2D eigenvalue weighted by Crippen LogP contribution is 2.18. The Kier molecular flexibility index (Phi) is 7.93. The van der Waals surface area contributed by atoms with Crippen molar-refractivity contribution in [1.82, 2.24) is 14.9 Å². The third kappa shape index (κ3) is 7.13. The Balaban J connectivity index is 2.88. The first-order chi connectivity index (χ1) is 13.1. The Morgan fingerprint density at radius 3 is 2.21 bits per heavy atom. The molecule has 0 radical (unpaired) electrons. The van der Waals surface area contributed by atoms with E-state index in [1.165, 1.54) is 42.5 Å². The van der Waals surface area contributed by atoms with Gasteiger partial charge in [0.25, 0.3) is 5.91 Å². The molecule has 0 aliphatic heterocycles. The Hall–Kier alpha value is -2.46. The van der Waals surface area contributed by atoms with Gasteiger partial charge >= 0.3 is 12.0 Å². The first kappa shape index (κ1) is 24.6. The quantitative estimate of drug-likeness (QED) is 0.669. The largest absolute Gasteiger partial charge is 0.449 e. The van der Waals surface area contributed by atoms with E-state index in [0.29, 0.717) is 0 Å². The monoisotopic (exact) mass is 427 g/mol. The zero-order chi connectivity index (χ0) is 22.6. The maximum absolute atomic E-state index is 12.6. The van der Waals surface area contributed by atoms with Crippen LogP contribution in [-0.4, -0.2) is 55.4 Å². The smallest absolute Gasteiger partial charge is 0.338 e. The lowest BCUT2D eigenvalue weighted by Gasteiger charge is -2.21. The number of amides is 3. The van der Waals surface area contributed by atoms with Crippen LogP contribution in [0, 0.1) is 0 Å². The maximum Gasteiger partial charge on any atom is 0.338 e. The van der Waals surface area contributed by atoms with Crippen LogP contribution in [-0.2, 0) is 19.6 Å². The predicted octanol–water partition coefficient (Wildman–Crippen LogP) is 1.89. The molecule has 3 amide bonds. The van der Waals surface area contributed by atoms with E-state index in [0.717, 1.165) is 0 Å². The van der Waals surface area contributed by atoms with Gasteiger partial charge in [0.2, 0.25) is 10.0 Å². The van der Waals surface area contributed by atoms with E-state index in [9.17, 15) is 22.8 Å². The minimum absolute atomic E-state index is 0.0259. The summed E-state index contributed by atoms with van der Waals surface area (Å²) in [5.74, 6) is -1.68. The molecule has 0 unspecified atom stereocenters. The summed E-state index contributed by atoms with van der Waals surface area (Å²) in [6, 6.07) is 4.38. The first-order valence-electron chi connectivity index (χ1n) is 9.07. The summed E-state index contributed by atoms with van der Waals surface area (Å²) in [4.78, 5) is 36.1. The lowest BCUT2D eigenvalue weighted by Crippen LogP contribution is -2.50. The molecule has 162 valence electrons. The molecule has 9 nitrogen and oxygen atoms in total. The van der Waals surface area contributed by atoms with Gasteiger partial charge in [-0.2, -0.15) is 4.31 Å². The number of hydrogen-bond acceptors (Lipinski definition) is 6. The van der Waals surface area contributed by atoms with E-state index >= 15 is 0 Å². The number of hydrogen-bond donors (Lipinski definition) is 2. The fourth-order valence-electron chi connectivity index (χ4n) is 2.09. The van der Waals surface area contributed by atoms with Gasteiger partial charge < -0.3 is 10.1 Å². The molecule has 0 heterocycles. The minimum atomic E-state index is -3.78. The van der Waals surface area contributed by atoms with E-state index in [1.807, 2.05) is 0 Å². The summed E-state index contributed by atoms with van der Waals surface area (Å²) in [5, 5.41) is 4.64. The van der Waals surface area contributed by atoms with Gasteiger partial charge in [0.15, 0.2) is 6.10 Å². The molecule has 0 aromatic heterocycles. The van der Waals surface area contributed by atoms with E-state index in [-0.39, 0.29) is 16.5 Å². The minimum Gasteiger partial charge on any atom is -0.449 e. The molecule has 0 saturated heterocycles. The van der Waals surface area contributed by atoms with Crippen molar-refractivity contribution in [2.75, 3.05) is 7.05 Å². The summed E-state index contributed by atoms with van der Waals surface area (Å²) in [6.45, 7) is 10.0. The first-order valence-corrected chi connectivity index (χ1v) is 10.5. The predicted molar refractivity (Wildman–Crippen MR) is 108 cm³/mol. The van der Waals surface area contributed by atoms with E-state index in [2.05, 4.69) is 10.6 Å². The number of carbonyl (C=O) groups is 3. The Labute approximate surface area is 171 Å². The van der Waals surface area contributed by atoms with Gasteiger partial charge in [0.1, 0.15) is 0 Å². The van der Waals surface area contributed by atoms with Gasteiger partial charge in [0.05, 0.1) is 10.5 Å². The third-order valence-corrected chi connectivity index (χ3v) is 5.88. The second kappa shape index (κ2) is 9.36. The third-order valence-electron chi connectivity index (χ3n) is 3.85. The molecule has 2 N–H and O–H groups in total. The average molecular weight is 428 g/mol. The number of rotatable bonds is 6. The highest BCUT2D eigenvalue weighted by molar-refractivity contribution is 7.89. The van der Waals surface area contributed by atoms with Crippen LogP contribution in [0.5, 0.6) is 0 Å². The Morgan fingerprint density at radius 1 is 1.10 bits per heavy atom. The molecule has 0 aliphatic carbocycles. The maximum atomic E-state index is 12.6. The number of nitrogens with zero attached hydrogens (tertiary/aromatic N) is 1. The highest BCUT2D eigenvalue weighted by Gasteiger charge is 2.26. The number of carbonyl (C=O) groups excluding carboxylic acids is 3. The van der Waals surface area contributed by atoms with E-state index in [1.54, 1.807) is 34.6 Å². The lowest BCUT2D eigenvalue weighted by atomic mass is 10.1. The number of urea groups is 1. The number of esters is 1. The van der Waals surface area contributed by atoms with Gasteiger partial charge in [-0.1, -0.05) is 6.07 Å². The van der Waals surface area contributed by atoms with Gasteiger partial charge in [-0.3, -0.25) is 10.1 Å². The van der Waals surface area contributed by atoms with Crippen molar-refractivity contribution in [2.24, 2.45) is 0 Å². The molecule has 1 atom stereocenters. The molecule has 0 bridgehead atoms. The molecular weight excluding hydrogens is 398 g/mol. The number of ether oxygens (including phenoxy) is 1. The molecule has 0 aliphatic rings. The second-order valence-electron chi connectivity index (χ2n) is 7.88. The zero-order valence-corrected chi connectivity index (χ0v) is 18.6. The summed E-state index contributed by atoms with van der Waals surface area (Å²) in [7, 11) is -2.33. The standard InChI is InChI=1S/C19H29N3O6S/c1-12(2)22(7)29(26,27)15-10-8-9-14(11-15)17(24)28-13(3)16(23)20-18(25)21-19(4,5)6/h8-13H,1-7H3,(H2,20,21,23,25)/t13-/m1/s1. The summed E-state index contributed by atoms with van der Waals surface area (Å²) < 4.78 is 31.4. The SMILES string of the molecule is CC(C)N(C)S(=O)(=O)c1cccc(C(=O)O[C@H](C)C(=O)NC(=O)NC(C)(C)C)c1. The van der Waals surface area contributed by atoms with Crippen LogP contribution in [0.3, 0.4) is 0 Å². The van der Waals surface area contributed by atoms with Crippen LogP contribution < -0.4 is 10.6 Å². The van der Waals surface area contributed by atoms with Crippen molar-refractivity contribution < 1.29 is 27.5 Å². The molecule has 0 spiro atoms. The molecule has 0 saturated carbocycles. The summed E-state index contributed by atoms with van der Waals surface area (Å²) in [5.41, 5.74) is -0.568. The van der Waals surface area contributed by atoms with Crippen LogP contribution >= 0.6 is 0 Å². The number of nitrogens with one attached hydrogen (secondary N) is 2. The van der Waals surface area contributed by atoms with Gasteiger partial charge in [-0.15, -0.1) is 0 Å². The van der Waals surface area contributed by atoms with Crippen molar-refractivity contribution in [3.8, 4) is 0 Å². The number of benzene rings is 1. The van der Waals surface area contributed by atoms with Crippen molar-refractivity contribution in [3.05, 3.63) is 29.8 Å². The molecule has 10 heteroatoms. The van der Waals surface area contributed by atoms with Crippen molar-refractivity contribution in [1.29, 1.82) is 0 Å². The molecule has 1 aromatic carbocycles. The van der Waals surface area contributed by atoms with Gasteiger partial charge in [-0.25, -0.2) is 18.0 Å². The Bertz CT molecular complexity index is 874. The van der Waals surface area contributed by atoms with Gasteiger partial charge in [0, 0.05) is 18.6 Å².